The van der Waals surface area contributed by atoms with Crippen LogP contribution in [0.3, 0.4) is 0 Å². The fourth-order valence-corrected chi connectivity index (χ4v) is 0.818. The number of nitrogens with two attached hydrogens (primary N) is 1. The Balaban J connectivity index is 2.64. The molecule has 1 heterocycles. The van der Waals surface area contributed by atoms with Crippen LogP contribution >= 0.6 is 0 Å². The summed E-state index contributed by atoms with van der Waals surface area (Å²) in [7, 11) is 0. The van der Waals surface area contributed by atoms with Gasteiger partial charge in [0.2, 0.25) is 5.89 Å². The van der Waals surface area contributed by atoms with Crippen molar-refractivity contribution in [2.24, 2.45) is 5.73 Å². The molecule has 0 amide bonds. The lowest BCUT2D eigenvalue weighted by Gasteiger charge is -2.01. The number of aryl methyl sites for hydroxylation is 1. The highest BCUT2D eigenvalue weighted by molar-refractivity contribution is 5.67. The molecular weight excluding hydrogens is 160 g/mol. The second-order valence-electron chi connectivity index (χ2n) is 2.53. The lowest BCUT2D eigenvalue weighted by molar-refractivity contribution is -0.137. The molecule has 0 aliphatic heterocycles. The van der Waals surface area contributed by atoms with Crippen LogP contribution in [-0.4, -0.2) is 16.1 Å². The Labute approximate surface area is 69.2 Å². The molecule has 66 valence electrons. The average molecular weight is 170 g/mol. The van der Waals surface area contributed by atoms with Gasteiger partial charge in [-0.15, -0.1) is 0 Å². The Morgan fingerprint density at radius 1 is 1.92 bits per heavy atom. The maximum atomic E-state index is 10.2. The second kappa shape index (κ2) is 3.36. The fraction of sp³-hybridized carbons (Fsp3) is 0.429. The fourth-order valence-electron chi connectivity index (χ4n) is 0.818. The molecule has 0 aliphatic rings. The van der Waals surface area contributed by atoms with Gasteiger partial charge < -0.3 is 15.3 Å². The molecule has 1 unspecified atom stereocenters. The molecule has 12 heavy (non-hydrogen) atoms. The van der Waals surface area contributed by atoms with Crippen LogP contribution < -0.4 is 5.73 Å². The van der Waals surface area contributed by atoms with E-state index in [1.54, 1.807) is 6.92 Å². The first-order valence-corrected chi connectivity index (χ1v) is 3.49. The summed E-state index contributed by atoms with van der Waals surface area (Å²) in [6.45, 7) is 1.75. The van der Waals surface area contributed by atoms with Gasteiger partial charge >= 0.3 is 5.97 Å². The van der Waals surface area contributed by atoms with Crippen molar-refractivity contribution < 1.29 is 14.3 Å². The Morgan fingerprint density at radius 3 is 3.00 bits per heavy atom. The molecule has 1 aromatic rings. The zero-order valence-electron chi connectivity index (χ0n) is 6.65. The van der Waals surface area contributed by atoms with Crippen LogP contribution in [0.15, 0.2) is 10.7 Å². The Morgan fingerprint density at radius 2 is 2.58 bits per heavy atom. The number of carbonyl (C=O) groups is 1. The van der Waals surface area contributed by atoms with Crippen molar-refractivity contribution in [3.63, 3.8) is 0 Å². The summed E-state index contributed by atoms with van der Waals surface area (Å²) >= 11 is 0. The molecule has 0 radical (unpaired) electrons. The van der Waals surface area contributed by atoms with E-state index < -0.39 is 12.0 Å². The molecule has 1 rings (SSSR count). The Kier molecular flexibility index (Phi) is 2.44. The van der Waals surface area contributed by atoms with E-state index in [9.17, 15) is 4.79 Å². The van der Waals surface area contributed by atoms with E-state index in [2.05, 4.69) is 4.98 Å². The van der Waals surface area contributed by atoms with Gasteiger partial charge in [0.15, 0.2) is 0 Å². The molecule has 0 aliphatic carbocycles. The van der Waals surface area contributed by atoms with E-state index in [4.69, 9.17) is 15.3 Å². The van der Waals surface area contributed by atoms with Gasteiger partial charge in [-0.25, -0.2) is 4.98 Å². The molecule has 1 atom stereocenters. The van der Waals surface area contributed by atoms with Crippen molar-refractivity contribution in [2.45, 2.75) is 19.4 Å². The molecular formula is C7H10N2O3. The van der Waals surface area contributed by atoms with E-state index in [-0.39, 0.29) is 12.3 Å². The Bertz CT molecular complexity index is 282. The van der Waals surface area contributed by atoms with Crippen molar-refractivity contribution in [1.29, 1.82) is 0 Å². The first-order chi connectivity index (χ1) is 5.59. The van der Waals surface area contributed by atoms with E-state index in [1.165, 1.54) is 6.26 Å². The highest BCUT2D eigenvalue weighted by atomic mass is 16.4. The number of rotatable bonds is 3. The van der Waals surface area contributed by atoms with Gasteiger partial charge in [0.1, 0.15) is 6.26 Å². The second-order valence-corrected chi connectivity index (χ2v) is 2.53. The van der Waals surface area contributed by atoms with Crippen molar-refractivity contribution in [1.82, 2.24) is 4.98 Å². The third-order valence-electron chi connectivity index (χ3n) is 1.35. The van der Waals surface area contributed by atoms with E-state index in [0.29, 0.717) is 5.69 Å². The van der Waals surface area contributed by atoms with Gasteiger partial charge in [-0.2, -0.15) is 0 Å². The summed E-state index contributed by atoms with van der Waals surface area (Å²) in [4.78, 5) is 14.1. The highest BCUT2D eigenvalue weighted by Crippen LogP contribution is 2.12. The number of carboxylic acids is 1. The smallest absolute Gasteiger partial charge is 0.305 e. The van der Waals surface area contributed by atoms with Gasteiger partial charge in [-0.05, 0) is 6.92 Å². The molecule has 5 heteroatoms. The largest absolute Gasteiger partial charge is 0.481 e. The zero-order chi connectivity index (χ0) is 9.14. The molecule has 3 N–H and O–H groups in total. The third-order valence-corrected chi connectivity index (χ3v) is 1.35. The number of carboxylic acid groups (broad SMARTS) is 1. The van der Waals surface area contributed by atoms with Crippen LogP contribution in [0.25, 0.3) is 0 Å². The predicted molar refractivity (Wildman–Crippen MR) is 40.4 cm³/mol. The standard InChI is InChI=1S/C7H10N2O3/c1-4-3-12-7(9-4)5(8)2-6(10)11/h3,5H,2,8H2,1H3,(H,10,11). The number of hydrogen-bond acceptors (Lipinski definition) is 4. The van der Waals surface area contributed by atoms with Crippen LogP contribution in [0.5, 0.6) is 0 Å². The first-order valence-electron chi connectivity index (χ1n) is 3.49. The van der Waals surface area contributed by atoms with Gasteiger partial charge in [-0.3, -0.25) is 4.79 Å². The maximum Gasteiger partial charge on any atom is 0.305 e. The minimum Gasteiger partial charge on any atom is -0.481 e. The van der Waals surface area contributed by atoms with Crippen LogP contribution in [0.4, 0.5) is 0 Å². The maximum absolute atomic E-state index is 10.2. The zero-order valence-corrected chi connectivity index (χ0v) is 6.65. The molecule has 0 fully saturated rings. The van der Waals surface area contributed by atoms with E-state index >= 15 is 0 Å². The highest BCUT2D eigenvalue weighted by Gasteiger charge is 2.14. The lowest BCUT2D eigenvalue weighted by Crippen LogP contribution is -2.15. The molecule has 0 aromatic carbocycles. The van der Waals surface area contributed by atoms with Crippen molar-refractivity contribution >= 4 is 5.97 Å². The van der Waals surface area contributed by atoms with E-state index in [1.807, 2.05) is 0 Å². The number of aromatic nitrogens is 1. The van der Waals surface area contributed by atoms with Crippen molar-refractivity contribution in [2.75, 3.05) is 0 Å². The molecule has 1 aromatic heterocycles. The first kappa shape index (κ1) is 8.73. The summed E-state index contributed by atoms with van der Waals surface area (Å²) in [6, 6.07) is -0.656. The van der Waals surface area contributed by atoms with Gasteiger partial charge in [0.05, 0.1) is 18.2 Å². The monoisotopic (exact) mass is 170 g/mol. The third kappa shape index (κ3) is 2.06. The van der Waals surface area contributed by atoms with Crippen molar-refractivity contribution in [3.8, 4) is 0 Å². The van der Waals surface area contributed by atoms with Crippen LogP contribution in [0.2, 0.25) is 0 Å². The minimum absolute atomic E-state index is 0.167. The number of hydrogen-bond donors (Lipinski definition) is 2. The number of aliphatic carboxylic acids is 1. The van der Waals surface area contributed by atoms with Gasteiger partial charge in [0, 0.05) is 0 Å². The normalized spacial score (nSPS) is 12.8. The van der Waals surface area contributed by atoms with Crippen LogP contribution in [-0.2, 0) is 4.79 Å². The average Bonchev–Trinajstić information content (AvgIpc) is 2.34. The topological polar surface area (TPSA) is 89.3 Å². The molecule has 0 saturated carbocycles. The van der Waals surface area contributed by atoms with E-state index in [0.717, 1.165) is 0 Å². The van der Waals surface area contributed by atoms with Gasteiger partial charge in [0.25, 0.3) is 0 Å². The number of nitrogens with zero attached hydrogens (tertiary/aromatic N) is 1. The molecule has 0 spiro atoms. The minimum atomic E-state index is -0.960. The molecule has 0 bridgehead atoms. The Hall–Kier alpha value is -1.36. The number of oxazole rings is 1. The van der Waals surface area contributed by atoms with Crippen molar-refractivity contribution in [3.05, 3.63) is 17.8 Å². The SMILES string of the molecule is Cc1coc(C(N)CC(=O)O)n1. The van der Waals surface area contributed by atoms with Gasteiger partial charge in [-0.1, -0.05) is 0 Å². The summed E-state index contributed by atoms with van der Waals surface area (Å²) < 4.78 is 4.93. The summed E-state index contributed by atoms with van der Waals surface area (Å²) in [5.41, 5.74) is 6.17. The summed E-state index contributed by atoms with van der Waals surface area (Å²) in [5.74, 6) is -0.687. The summed E-state index contributed by atoms with van der Waals surface area (Å²) in [6.07, 6.45) is 1.27. The van der Waals surface area contributed by atoms with Crippen LogP contribution in [0, 0.1) is 6.92 Å². The summed E-state index contributed by atoms with van der Waals surface area (Å²) in [5, 5.41) is 8.40. The quantitative estimate of drug-likeness (QED) is 0.687. The van der Waals surface area contributed by atoms with Crippen LogP contribution in [0.1, 0.15) is 24.0 Å². The predicted octanol–water partition coefficient (Wildman–Crippen LogP) is 0.458. The molecule has 0 saturated heterocycles. The molecule has 5 nitrogen and oxygen atoms in total. The lowest BCUT2D eigenvalue weighted by atomic mass is 10.2.